The Morgan fingerprint density at radius 1 is 1.26 bits per heavy atom. The van der Waals surface area contributed by atoms with Gasteiger partial charge >= 0.3 is 5.97 Å². The Kier molecular flexibility index (Phi) is 3.56. The Balaban J connectivity index is 1.75. The number of aliphatic carboxylic acids is 1. The van der Waals surface area contributed by atoms with E-state index in [1.54, 1.807) is 0 Å². The molecule has 0 aromatic rings. The van der Waals surface area contributed by atoms with Gasteiger partial charge in [-0.25, -0.2) is 0 Å². The molecule has 1 aliphatic heterocycles. The number of carboxylic acid groups (broad SMARTS) is 1. The van der Waals surface area contributed by atoms with E-state index in [4.69, 9.17) is 0 Å². The molecule has 3 fully saturated rings. The molecule has 4 nitrogen and oxygen atoms in total. The minimum atomic E-state index is -0.704. The highest BCUT2D eigenvalue weighted by Crippen LogP contribution is 2.43. The highest BCUT2D eigenvalue weighted by Gasteiger charge is 2.52. The number of nitrogens with one attached hydrogen (secondary N) is 1. The van der Waals surface area contributed by atoms with Crippen molar-refractivity contribution in [3.8, 4) is 0 Å². The molecule has 1 saturated heterocycles. The highest BCUT2D eigenvalue weighted by atomic mass is 16.4. The summed E-state index contributed by atoms with van der Waals surface area (Å²) in [6, 6.07) is 0.652. The van der Waals surface area contributed by atoms with Crippen LogP contribution in [-0.4, -0.2) is 47.7 Å². The van der Waals surface area contributed by atoms with Crippen molar-refractivity contribution >= 4 is 5.97 Å². The maximum atomic E-state index is 11.8. The predicted octanol–water partition coefficient (Wildman–Crippen LogP) is 1.70. The van der Waals surface area contributed by atoms with Crippen LogP contribution in [0.3, 0.4) is 0 Å². The fourth-order valence-electron chi connectivity index (χ4n) is 4.41. The molecule has 0 aromatic heterocycles. The number of piperidine rings is 1. The van der Waals surface area contributed by atoms with E-state index in [-0.39, 0.29) is 0 Å². The first-order valence-electron chi connectivity index (χ1n) is 7.84. The van der Waals surface area contributed by atoms with Crippen molar-refractivity contribution in [1.82, 2.24) is 10.2 Å². The number of carbonyl (C=O) groups is 1. The molecule has 1 heterocycles. The van der Waals surface area contributed by atoms with Crippen LogP contribution >= 0.6 is 0 Å². The Morgan fingerprint density at radius 3 is 2.63 bits per heavy atom. The molecule has 4 heteroatoms. The van der Waals surface area contributed by atoms with Crippen LogP contribution in [0.25, 0.3) is 0 Å². The Morgan fingerprint density at radius 2 is 2.00 bits per heavy atom. The lowest BCUT2D eigenvalue weighted by molar-refractivity contribution is -0.147. The third-order valence-corrected chi connectivity index (χ3v) is 5.66. The van der Waals surface area contributed by atoms with Gasteiger partial charge in [-0.05, 0) is 64.0 Å². The maximum absolute atomic E-state index is 11.8. The predicted molar refractivity (Wildman–Crippen MR) is 74.1 cm³/mol. The molecule has 2 aliphatic carbocycles. The molecule has 19 heavy (non-hydrogen) atoms. The van der Waals surface area contributed by atoms with Gasteiger partial charge in [-0.1, -0.05) is 6.42 Å². The zero-order chi connectivity index (χ0) is 13.5. The third-order valence-electron chi connectivity index (χ3n) is 5.66. The van der Waals surface area contributed by atoms with E-state index in [1.165, 1.54) is 32.1 Å². The Hall–Kier alpha value is -0.610. The number of likely N-dealkylation sites (N-methyl/N-ethyl adjacent to an activating group) is 1. The summed E-state index contributed by atoms with van der Waals surface area (Å²) < 4.78 is 0. The monoisotopic (exact) mass is 266 g/mol. The van der Waals surface area contributed by atoms with Crippen LogP contribution in [0.1, 0.15) is 44.9 Å². The normalized spacial score (nSPS) is 34.8. The van der Waals surface area contributed by atoms with E-state index < -0.39 is 11.5 Å². The van der Waals surface area contributed by atoms with E-state index in [2.05, 4.69) is 10.2 Å². The lowest BCUT2D eigenvalue weighted by Gasteiger charge is -2.43. The Bertz CT molecular complexity index is 356. The molecular formula is C15H26N2O2. The van der Waals surface area contributed by atoms with Crippen LogP contribution in [0.15, 0.2) is 0 Å². The molecule has 3 atom stereocenters. The number of nitrogens with zero attached hydrogens (tertiary/aromatic N) is 1. The second kappa shape index (κ2) is 5.06. The van der Waals surface area contributed by atoms with Crippen LogP contribution in [0.5, 0.6) is 0 Å². The molecule has 3 rings (SSSR count). The van der Waals surface area contributed by atoms with Gasteiger partial charge in [0.25, 0.3) is 0 Å². The van der Waals surface area contributed by atoms with E-state index in [9.17, 15) is 9.90 Å². The minimum Gasteiger partial charge on any atom is -0.480 e. The fourth-order valence-corrected chi connectivity index (χ4v) is 4.41. The van der Waals surface area contributed by atoms with Gasteiger partial charge in [-0.2, -0.15) is 0 Å². The van der Waals surface area contributed by atoms with Gasteiger partial charge in [0, 0.05) is 12.6 Å². The molecule has 3 aliphatic rings. The van der Waals surface area contributed by atoms with Crippen molar-refractivity contribution in [3.05, 3.63) is 0 Å². The van der Waals surface area contributed by atoms with Crippen LogP contribution in [0.4, 0.5) is 0 Å². The summed E-state index contributed by atoms with van der Waals surface area (Å²) >= 11 is 0. The van der Waals surface area contributed by atoms with Crippen molar-refractivity contribution in [2.45, 2.75) is 56.5 Å². The molecular weight excluding hydrogens is 240 g/mol. The number of likely N-dealkylation sites (tertiary alicyclic amines) is 1. The largest absolute Gasteiger partial charge is 0.480 e. The van der Waals surface area contributed by atoms with Gasteiger partial charge in [0.05, 0.1) is 0 Å². The molecule has 3 unspecified atom stereocenters. The van der Waals surface area contributed by atoms with E-state index in [0.29, 0.717) is 18.5 Å². The molecule has 108 valence electrons. The van der Waals surface area contributed by atoms with E-state index >= 15 is 0 Å². The van der Waals surface area contributed by atoms with Crippen molar-refractivity contribution in [2.75, 3.05) is 20.1 Å². The molecule has 0 amide bonds. The lowest BCUT2D eigenvalue weighted by Crippen LogP contribution is -2.62. The first-order chi connectivity index (χ1) is 9.17. The van der Waals surface area contributed by atoms with E-state index in [0.717, 1.165) is 25.3 Å². The molecule has 0 radical (unpaired) electrons. The second-order valence-electron chi connectivity index (χ2n) is 6.67. The summed E-state index contributed by atoms with van der Waals surface area (Å²) in [5.41, 5.74) is -0.704. The van der Waals surface area contributed by atoms with Gasteiger partial charge in [-0.15, -0.1) is 0 Å². The van der Waals surface area contributed by atoms with Gasteiger partial charge < -0.3 is 10.4 Å². The number of hydrogen-bond donors (Lipinski definition) is 2. The van der Waals surface area contributed by atoms with Crippen LogP contribution in [-0.2, 0) is 4.79 Å². The lowest BCUT2D eigenvalue weighted by atomic mass is 9.87. The molecule has 2 saturated carbocycles. The minimum absolute atomic E-state index is 0.330. The quantitative estimate of drug-likeness (QED) is 0.795. The summed E-state index contributed by atoms with van der Waals surface area (Å²) in [6.07, 6.45) is 8.67. The smallest absolute Gasteiger partial charge is 0.325 e. The molecule has 0 aromatic carbocycles. The number of hydrogen-bond acceptors (Lipinski definition) is 3. The summed E-state index contributed by atoms with van der Waals surface area (Å²) in [6.45, 7) is 1.79. The number of rotatable bonds is 5. The van der Waals surface area contributed by atoms with Gasteiger partial charge in [0.2, 0.25) is 0 Å². The summed E-state index contributed by atoms with van der Waals surface area (Å²) in [4.78, 5) is 14.3. The molecule has 0 bridgehead atoms. The Labute approximate surface area is 115 Å². The summed E-state index contributed by atoms with van der Waals surface area (Å²) in [5, 5.41) is 12.9. The number of fused-ring (bicyclic) bond motifs is 1. The second-order valence-corrected chi connectivity index (χ2v) is 6.67. The molecule has 2 N–H and O–H groups in total. The standard InChI is InChI=1S/C15H26N2O2/c1-16-15(14(18)19,12-7-8-12)10-17-9-3-5-11-4-2-6-13(11)17/h11-13,16H,2-10H2,1H3,(H,18,19). The number of carboxylic acids is 1. The van der Waals surface area contributed by atoms with Crippen molar-refractivity contribution in [2.24, 2.45) is 11.8 Å². The molecule has 0 spiro atoms. The van der Waals surface area contributed by atoms with E-state index in [1.807, 2.05) is 7.05 Å². The first-order valence-corrected chi connectivity index (χ1v) is 7.84. The average Bonchev–Trinajstić information content (AvgIpc) is 3.13. The van der Waals surface area contributed by atoms with Gasteiger partial charge in [-0.3, -0.25) is 9.69 Å². The van der Waals surface area contributed by atoms with Gasteiger partial charge in [0.15, 0.2) is 0 Å². The fraction of sp³-hybridized carbons (Fsp3) is 0.933. The van der Waals surface area contributed by atoms with Crippen LogP contribution in [0.2, 0.25) is 0 Å². The topological polar surface area (TPSA) is 52.6 Å². The highest BCUT2D eigenvalue weighted by molar-refractivity contribution is 5.80. The van der Waals surface area contributed by atoms with Crippen molar-refractivity contribution in [1.29, 1.82) is 0 Å². The zero-order valence-electron chi connectivity index (χ0n) is 11.9. The van der Waals surface area contributed by atoms with Crippen LogP contribution < -0.4 is 5.32 Å². The van der Waals surface area contributed by atoms with Crippen LogP contribution in [0, 0.1) is 11.8 Å². The average molecular weight is 266 g/mol. The van der Waals surface area contributed by atoms with Gasteiger partial charge in [0.1, 0.15) is 5.54 Å². The zero-order valence-corrected chi connectivity index (χ0v) is 11.9. The SMILES string of the molecule is CNC(CN1CCCC2CCCC21)(C(=O)O)C1CC1. The summed E-state index contributed by atoms with van der Waals surface area (Å²) in [5.74, 6) is 0.505. The summed E-state index contributed by atoms with van der Waals surface area (Å²) in [7, 11) is 1.82. The van der Waals surface area contributed by atoms with Crippen molar-refractivity contribution < 1.29 is 9.90 Å². The maximum Gasteiger partial charge on any atom is 0.325 e. The van der Waals surface area contributed by atoms with Crippen molar-refractivity contribution in [3.63, 3.8) is 0 Å². The first kappa shape index (κ1) is 13.4. The third kappa shape index (κ3) is 2.29.